The fourth-order valence-electron chi connectivity index (χ4n) is 9.97. The molecule has 3 N–H and O–H groups in total. The van der Waals surface area contributed by atoms with Crippen LogP contribution in [0.4, 0.5) is 4.79 Å². The van der Waals surface area contributed by atoms with Crippen LogP contribution in [0.3, 0.4) is 0 Å². The van der Waals surface area contributed by atoms with Crippen LogP contribution in [-0.4, -0.2) is 54.1 Å². The molecule has 1 amide bonds. The Labute approximate surface area is 257 Å². The summed E-state index contributed by atoms with van der Waals surface area (Å²) in [5.41, 5.74) is -0.246. The summed E-state index contributed by atoms with van der Waals surface area (Å²) < 4.78 is 38.4. The van der Waals surface area contributed by atoms with Crippen molar-refractivity contribution < 1.29 is 32.9 Å². The third-order valence-electron chi connectivity index (χ3n) is 11.9. The third-order valence-corrected chi connectivity index (χ3v) is 13.1. The fourth-order valence-corrected chi connectivity index (χ4v) is 10.8. The number of amides is 1. The van der Waals surface area contributed by atoms with Gasteiger partial charge in [-0.1, -0.05) is 27.2 Å². The minimum absolute atomic E-state index is 0.0462. The van der Waals surface area contributed by atoms with E-state index in [0.29, 0.717) is 35.8 Å². The van der Waals surface area contributed by atoms with Crippen LogP contribution in [0.2, 0.25) is 0 Å². The molecule has 242 valence electrons. The molecule has 4 aliphatic carbocycles. The number of ether oxygens (including phenoxy) is 2. The highest BCUT2D eigenvalue weighted by molar-refractivity contribution is 7.90. The van der Waals surface area contributed by atoms with Gasteiger partial charge in [0.1, 0.15) is 11.4 Å². The van der Waals surface area contributed by atoms with E-state index in [9.17, 15) is 23.4 Å². The summed E-state index contributed by atoms with van der Waals surface area (Å²) in [5.74, 6) is 2.49. The zero-order valence-electron chi connectivity index (χ0n) is 26.7. The van der Waals surface area contributed by atoms with Gasteiger partial charge in [-0.15, -0.1) is 0 Å². The zero-order chi connectivity index (χ0) is 31.4. The molecule has 1 heterocycles. The van der Waals surface area contributed by atoms with Gasteiger partial charge in [-0.2, -0.15) is 8.42 Å². The van der Waals surface area contributed by atoms with Crippen LogP contribution in [0.1, 0.15) is 99.3 Å². The molecule has 0 aromatic carbocycles. The van der Waals surface area contributed by atoms with Gasteiger partial charge < -0.3 is 19.7 Å². The minimum atomic E-state index is -4.18. The molecule has 0 unspecified atom stereocenters. The van der Waals surface area contributed by atoms with E-state index in [0.717, 1.165) is 51.4 Å². The number of nitrogens with one attached hydrogen (secondary N) is 1. The lowest BCUT2D eigenvalue weighted by Crippen LogP contribution is -2.62. The van der Waals surface area contributed by atoms with Gasteiger partial charge in [0.25, 0.3) is 10.0 Å². The van der Waals surface area contributed by atoms with E-state index in [4.69, 9.17) is 9.47 Å². The summed E-state index contributed by atoms with van der Waals surface area (Å²) in [5, 5.41) is 22.1. The van der Waals surface area contributed by atoms with Gasteiger partial charge in [-0.25, -0.2) is 14.5 Å². The lowest BCUT2D eigenvalue weighted by atomic mass is 9.41. The molecular weight excluding hydrogens is 568 g/mol. The van der Waals surface area contributed by atoms with Crippen LogP contribution in [0.15, 0.2) is 23.4 Å². The van der Waals surface area contributed by atoms with Crippen molar-refractivity contribution in [2.45, 2.75) is 122 Å². The summed E-state index contributed by atoms with van der Waals surface area (Å²) in [7, 11) is -4.18. The van der Waals surface area contributed by atoms with Gasteiger partial charge in [0.05, 0.1) is 25.0 Å². The number of sulfonamides is 1. The van der Waals surface area contributed by atoms with Crippen molar-refractivity contribution in [3.05, 3.63) is 18.3 Å². The number of carbonyl (C=O) groups excluding carboxylic acids is 1. The number of nitrogens with zero attached hydrogens (tertiary/aromatic N) is 1. The van der Waals surface area contributed by atoms with E-state index in [1.54, 1.807) is 0 Å². The van der Waals surface area contributed by atoms with E-state index in [-0.39, 0.29) is 46.5 Å². The number of hydrogen-bond donors (Lipinski definition) is 3. The van der Waals surface area contributed by atoms with E-state index < -0.39 is 21.7 Å². The molecule has 4 aliphatic rings. The second-order valence-electron chi connectivity index (χ2n) is 15.3. The normalized spacial score (nSPS) is 39.3. The molecule has 5 rings (SSSR count). The second-order valence-corrected chi connectivity index (χ2v) is 16.9. The number of pyridine rings is 1. The fraction of sp³-hybridized carbons (Fsp3) is 0.818. The first-order valence-corrected chi connectivity index (χ1v) is 17.8. The number of aromatic nitrogens is 1. The van der Waals surface area contributed by atoms with Crippen LogP contribution in [-0.2, 0) is 14.8 Å². The van der Waals surface area contributed by atoms with Gasteiger partial charge >= 0.3 is 6.09 Å². The Kier molecular flexibility index (Phi) is 8.90. The largest absolute Gasteiger partial charge is 0.487 e. The van der Waals surface area contributed by atoms with Crippen molar-refractivity contribution >= 4 is 16.1 Å². The predicted molar refractivity (Wildman–Crippen MR) is 163 cm³/mol. The molecule has 1 aromatic heterocycles. The smallest absolute Gasteiger partial charge is 0.421 e. The highest BCUT2D eigenvalue weighted by Gasteiger charge is 2.64. The average Bonchev–Trinajstić information content (AvgIpc) is 3.25. The molecule has 0 radical (unpaired) electrons. The van der Waals surface area contributed by atoms with E-state index in [1.165, 1.54) is 18.3 Å². The number of hydrogen-bond acceptors (Lipinski definition) is 8. The number of rotatable bonds is 7. The molecule has 0 spiro atoms. The predicted octanol–water partition coefficient (Wildman–Crippen LogP) is 5.69. The van der Waals surface area contributed by atoms with Crippen molar-refractivity contribution in [2.75, 3.05) is 6.61 Å². The van der Waals surface area contributed by atoms with Crippen molar-refractivity contribution in [1.29, 1.82) is 0 Å². The summed E-state index contributed by atoms with van der Waals surface area (Å²) >= 11 is 0. The number of aliphatic hydroxyl groups excluding tert-OH is 2. The number of carbonyl (C=O) groups is 1. The summed E-state index contributed by atoms with van der Waals surface area (Å²) in [4.78, 5) is 16.5. The maximum Gasteiger partial charge on any atom is 0.421 e. The SMILES string of the molecule is CC[C@H]1[C@@H](O)[C@@H]2[C@H](CC[C@]3(C)[C@@H](CCOC(=O)NS(=O)(=O)c4ccc(OC(C)(C)C)cn4)CC[C@@H]23)[C@@]2(C)CC[C@@H](O)C[C@@H]12. The van der Waals surface area contributed by atoms with Crippen molar-refractivity contribution in [3.63, 3.8) is 0 Å². The molecule has 4 fully saturated rings. The molecule has 1 aromatic rings. The molecule has 9 nitrogen and oxygen atoms in total. The zero-order valence-corrected chi connectivity index (χ0v) is 27.5. The lowest BCUT2D eigenvalue weighted by Gasteiger charge is -2.64. The first-order chi connectivity index (χ1) is 20.1. The monoisotopic (exact) mass is 620 g/mol. The lowest BCUT2D eigenvalue weighted by molar-refractivity contribution is -0.202. The van der Waals surface area contributed by atoms with Gasteiger partial charge in [0.15, 0.2) is 5.03 Å². The Hall–Kier alpha value is -1.91. The highest BCUT2D eigenvalue weighted by Crippen LogP contribution is 2.69. The van der Waals surface area contributed by atoms with Crippen LogP contribution in [0.25, 0.3) is 0 Å². The van der Waals surface area contributed by atoms with E-state index in [1.807, 2.05) is 25.5 Å². The Morgan fingerprint density at radius 3 is 2.40 bits per heavy atom. The minimum Gasteiger partial charge on any atom is -0.487 e. The van der Waals surface area contributed by atoms with E-state index >= 15 is 0 Å². The van der Waals surface area contributed by atoms with Crippen LogP contribution in [0, 0.1) is 46.3 Å². The third kappa shape index (κ3) is 6.17. The summed E-state index contributed by atoms with van der Waals surface area (Å²) in [6.45, 7) is 12.8. The second kappa shape index (κ2) is 11.8. The Morgan fingerprint density at radius 2 is 1.74 bits per heavy atom. The van der Waals surface area contributed by atoms with Crippen LogP contribution < -0.4 is 9.46 Å². The molecule has 10 heteroatoms. The molecule has 0 bridgehead atoms. The first-order valence-electron chi connectivity index (χ1n) is 16.3. The summed E-state index contributed by atoms with van der Waals surface area (Å²) in [6, 6.07) is 2.81. The Balaban J connectivity index is 1.19. The summed E-state index contributed by atoms with van der Waals surface area (Å²) in [6.07, 6.45) is 8.24. The van der Waals surface area contributed by atoms with E-state index in [2.05, 4.69) is 25.8 Å². The van der Waals surface area contributed by atoms with Gasteiger partial charge in [-0.3, -0.25) is 0 Å². The van der Waals surface area contributed by atoms with Crippen LogP contribution in [0.5, 0.6) is 5.75 Å². The topological polar surface area (TPSA) is 135 Å². The quantitative estimate of drug-likeness (QED) is 0.354. The molecule has 0 saturated heterocycles. The average molecular weight is 621 g/mol. The number of aliphatic hydroxyl groups is 2. The van der Waals surface area contributed by atoms with Crippen LogP contribution >= 0.6 is 0 Å². The molecule has 4 saturated carbocycles. The standard InChI is InChI=1S/C33H52N2O7S/c1-7-23-26-18-21(36)12-15-33(26,6)25-13-16-32(5)20(8-10-24(32)28(25)29(23)37)14-17-41-30(38)35-43(39,40)27-11-9-22(19-34-27)42-31(2,3)4/h9,11,19-21,23-26,28-29,36-37H,7-8,10,12-18H2,1-6H3,(H,35,38)/t20-,21-,23-,24+,25+,26+,28+,29-,32-,33-/m1/s1. The van der Waals surface area contributed by atoms with Crippen molar-refractivity contribution in [3.8, 4) is 5.75 Å². The van der Waals surface area contributed by atoms with Gasteiger partial charge in [0.2, 0.25) is 0 Å². The highest BCUT2D eigenvalue weighted by atomic mass is 32.2. The van der Waals surface area contributed by atoms with Gasteiger partial charge in [0, 0.05) is 0 Å². The first kappa shape index (κ1) is 32.5. The van der Waals surface area contributed by atoms with Crippen molar-refractivity contribution in [1.82, 2.24) is 9.71 Å². The molecular formula is C33H52N2O7S. The maximum absolute atomic E-state index is 12.7. The van der Waals surface area contributed by atoms with Crippen molar-refractivity contribution in [2.24, 2.45) is 46.3 Å². The maximum atomic E-state index is 12.7. The Morgan fingerprint density at radius 1 is 1.05 bits per heavy atom. The van der Waals surface area contributed by atoms with Gasteiger partial charge in [-0.05, 0) is 131 Å². The molecule has 0 aliphatic heterocycles. The molecule has 43 heavy (non-hydrogen) atoms. The number of fused-ring (bicyclic) bond motifs is 5. The Bertz CT molecular complexity index is 1260. The molecule has 10 atom stereocenters.